The Morgan fingerprint density at radius 1 is 1.03 bits per heavy atom. The lowest BCUT2D eigenvalue weighted by molar-refractivity contribution is -0.141. The van der Waals surface area contributed by atoms with Gasteiger partial charge in [0.1, 0.15) is 22.2 Å². The molecule has 11 heteroatoms. The van der Waals surface area contributed by atoms with Crippen molar-refractivity contribution in [3.05, 3.63) is 65.4 Å². The molecule has 3 aromatic rings. The van der Waals surface area contributed by atoms with Crippen LogP contribution in [-0.4, -0.2) is 24.5 Å². The van der Waals surface area contributed by atoms with E-state index in [2.05, 4.69) is 5.10 Å². The number of hydrogen-bond donors (Lipinski definition) is 0. The molecule has 150 valence electrons. The third-order valence-electron chi connectivity index (χ3n) is 3.94. The molecule has 0 amide bonds. The zero-order valence-corrected chi connectivity index (χ0v) is 15.3. The summed E-state index contributed by atoms with van der Waals surface area (Å²) in [6.45, 7) is 0. The molecule has 0 saturated heterocycles. The first kappa shape index (κ1) is 20.5. The molecule has 0 spiro atoms. The van der Waals surface area contributed by atoms with Gasteiger partial charge >= 0.3 is 6.18 Å². The molecule has 0 fully saturated rings. The normalized spacial score (nSPS) is 12.0. The Morgan fingerprint density at radius 3 is 2.17 bits per heavy atom. The molecule has 0 aliphatic carbocycles. The molecule has 0 aliphatic rings. The fourth-order valence-corrected chi connectivity index (χ4v) is 3.32. The minimum atomic E-state index is -4.87. The van der Waals surface area contributed by atoms with Crippen LogP contribution in [0.5, 0.6) is 0 Å². The minimum Gasteiger partial charge on any atom is -0.229 e. The number of halogens is 5. The van der Waals surface area contributed by atoms with Gasteiger partial charge in [0.15, 0.2) is 15.5 Å². The monoisotopic (exact) mass is 427 g/mol. The topological polar surface area (TPSA) is 75.8 Å². The van der Waals surface area contributed by atoms with Gasteiger partial charge in [-0.3, -0.25) is 0 Å². The van der Waals surface area contributed by atoms with Crippen molar-refractivity contribution in [2.75, 3.05) is 6.26 Å². The van der Waals surface area contributed by atoms with E-state index >= 15 is 0 Å². The van der Waals surface area contributed by atoms with E-state index in [4.69, 9.17) is 5.26 Å². The highest BCUT2D eigenvalue weighted by molar-refractivity contribution is 7.90. The van der Waals surface area contributed by atoms with Crippen molar-refractivity contribution in [2.45, 2.75) is 11.1 Å². The second kappa shape index (κ2) is 6.97. The van der Waals surface area contributed by atoms with Crippen LogP contribution in [0.1, 0.15) is 11.3 Å². The molecule has 2 aromatic carbocycles. The molecule has 0 atom stereocenters. The zero-order chi connectivity index (χ0) is 21.6. The molecule has 1 aromatic heterocycles. The molecule has 29 heavy (non-hydrogen) atoms. The fourth-order valence-electron chi connectivity index (χ4n) is 2.59. The smallest absolute Gasteiger partial charge is 0.229 e. The second-order valence-electron chi connectivity index (χ2n) is 6.02. The van der Waals surface area contributed by atoms with Crippen LogP contribution in [0.2, 0.25) is 0 Å². The number of alkyl halides is 3. The molecule has 0 saturated carbocycles. The highest BCUT2D eigenvalue weighted by Gasteiger charge is 2.36. The van der Waals surface area contributed by atoms with Gasteiger partial charge in [0.2, 0.25) is 0 Å². The van der Waals surface area contributed by atoms with Crippen LogP contribution in [0.25, 0.3) is 16.9 Å². The maximum atomic E-state index is 14.6. The maximum Gasteiger partial charge on any atom is 0.435 e. The molecule has 0 N–H and O–H groups in total. The summed E-state index contributed by atoms with van der Waals surface area (Å²) in [7, 11) is -4.10. The Balaban J connectivity index is 2.27. The van der Waals surface area contributed by atoms with Gasteiger partial charge in [-0.1, -0.05) is 12.1 Å². The van der Waals surface area contributed by atoms with Crippen LogP contribution in [0, 0.1) is 23.0 Å². The quantitative estimate of drug-likeness (QED) is 0.590. The Hall–Kier alpha value is -3.26. The van der Waals surface area contributed by atoms with Crippen molar-refractivity contribution >= 4 is 9.84 Å². The average molecular weight is 427 g/mol. The summed E-state index contributed by atoms with van der Waals surface area (Å²) in [5.74, 6) is -2.61. The lowest BCUT2D eigenvalue weighted by Crippen LogP contribution is -2.10. The van der Waals surface area contributed by atoms with Gasteiger partial charge in [-0.25, -0.2) is 21.9 Å². The fraction of sp³-hybridized carbons (Fsp3) is 0.111. The standard InChI is InChI=1S/C18H10F5N3O2S/c1-29(27,28)16-7-12(19)15(6-13(16)20)26-14(8-17(25-26)18(21,22)23)11-4-2-10(9-24)3-5-11/h2-8H,1H3. The predicted octanol–water partition coefficient (Wildman–Crippen LogP) is 4.11. The highest BCUT2D eigenvalue weighted by Crippen LogP contribution is 2.34. The van der Waals surface area contributed by atoms with Gasteiger partial charge < -0.3 is 0 Å². The number of sulfone groups is 1. The molecule has 0 unspecified atom stereocenters. The molecule has 3 rings (SSSR count). The summed E-state index contributed by atoms with van der Waals surface area (Å²) in [4.78, 5) is -0.929. The summed E-state index contributed by atoms with van der Waals surface area (Å²) in [6, 6.07) is 8.67. The molecule has 0 aliphatic heterocycles. The summed E-state index contributed by atoms with van der Waals surface area (Å²) in [5, 5.41) is 12.2. The van der Waals surface area contributed by atoms with E-state index < -0.39 is 43.9 Å². The van der Waals surface area contributed by atoms with Crippen LogP contribution in [0.15, 0.2) is 47.4 Å². The molecule has 0 bridgehead atoms. The van der Waals surface area contributed by atoms with Gasteiger partial charge in [0.05, 0.1) is 17.3 Å². The van der Waals surface area contributed by atoms with E-state index in [1.54, 1.807) is 0 Å². The summed E-state index contributed by atoms with van der Waals surface area (Å²) < 4.78 is 91.9. The Bertz CT molecular complexity index is 1240. The van der Waals surface area contributed by atoms with Crippen LogP contribution in [0.4, 0.5) is 22.0 Å². The third kappa shape index (κ3) is 3.97. The zero-order valence-electron chi connectivity index (χ0n) is 14.5. The van der Waals surface area contributed by atoms with Gasteiger partial charge in [-0.2, -0.15) is 23.5 Å². The summed E-state index contributed by atoms with van der Waals surface area (Å²) in [5.41, 5.74) is -1.90. The van der Waals surface area contributed by atoms with Crippen molar-refractivity contribution in [3.8, 4) is 23.0 Å². The molecule has 5 nitrogen and oxygen atoms in total. The number of hydrogen-bond acceptors (Lipinski definition) is 4. The number of benzene rings is 2. The highest BCUT2D eigenvalue weighted by atomic mass is 32.2. The first-order chi connectivity index (χ1) is 13.4. The van der Waals surface area contributed by atoms with Crippen LogP contribution in [-0.2, 0) is 16.0 Å². The summed E-state index contributed by atoms with van der Waals surface area (Å²) in [6.07, 6.45) is -4.20. The Morgan fingerprint density at radius 2 is 1.66 bits per heavy atom. The largest absolute Gasteiger partial charge is 0.435 e. The van der Waals surface area contributed by atoms with E-state index in [0.717, 1.165) is 0 Å². The van der Waals surface area contributed by atoms with Crippen molar-refractivity contribution in [3.63, 3.8) is 0 Å². The maximum absolute atomic E-state index is 14.6. The van der Waals surface area contributed by atoms with Gasteiger partial charge in [0, 0.05) is 17.9 Å². The molecular weight excluding hydrogens is 417 g/mol. The number of nitriles is 1. The lowest BCUT2D eigenvalue weighted by atomic mass is 10.1. The lowest BCUT2D eigenvalue weighted by Gasteiger charge is -2.11. The van der Waals surface area contributed by atoms with E-state index in [9.17, 15) is 30.4 Å². The first-order valence-electron chi connectivity index (χ1n) is 7.79. The number of nitrogens with zero attached hydrogens (tertiary/aromatic N) is 3. The first-order valence-corrected chi connectivity index (χ1v) is 9.68. The SMILES string of the molecule is CS(=O)(=O)c1cc(F)c(-n2nc(C(F)(F)F)cc2-c2ccc(C#N)cc2)cc1F. The van der Waals surface area contributed by atoms with Crippen molar-refractivity contribution in [1.29, 1.82) is 5.26 Å². The Labute approximate surface area is 161 Å². The van der Waals surface area contributed by atoms with E-state index in [1.165, 1.54) is 24.3 Å². The van der Waals surface area contributed by atoms with Crippen LogP contribution < -0.4 is 0 Å². The number of aromatic nitrogens is 2. The van der Waals surface area contributed by atoms with E-state index in [-0.39, 0.29) is 16.8 Å². The van der Waals surface area contributed by atoms with Crippen molar-refractivity contribution in [1.82, 2.24) is 9.78 Å². The van der Waals surface area contributed by atoms with Gasteiger partial charge in [0.25, 0.3) is 0 Å². The van der Waals surface area contributed by atoms with Crippen LogP contribution >= 0.6 is 0 Å². The van der Waals surface area contributed by atoms with Gasteiger partial charge in [-0.05, 0) is 24.3 Å². The molecule has 0 radical (unpaired) electrons. The Kier molecular flexibility index (Phi) is 4.92. The summed E-state index contributed by atoms with van der Waals surface area (Å²) >= 11 is 0. The number of rotatable bonds is 3. The minimum absolute atomic E-state index is 0.152. The van der Waals surface area contributed by atoms with E-state index in [0.29, 0.717) is 29.1 Å². The third-order valence-corrected chi connectivity index (χ3v) is 5.05. The van der Waals surface area contributed by atoms with Gasteiger partial charge in [-0.15, -0.1) is 0 Å². The molecular formula is C18H10F5N3O2S. The predicted molar refractivity (Wildman–Crippen MR) is 91.7 cm³/mol. The van der Waals surface area contributed by atoms with Crippen LogP contribution in [0.3, 0.4) is 0 Å². The van der Waals surface area contributed by atoms with E-state index in [1.807, 2.05) is 6.07 Å². The average Bonchev–Trinajstić information content (AvgIpc) is 3.08. The molecule has 1 heterocycles. The van der Waals surface area contributed by atoms with Crippen molar-refractivity contribution < 1.29 is 30.4 Å². The van der Waals surface area contributed by atoms with Crippen molar-refractivity contribution in [2.24, 2.45) is 0 Å². The second-order valence-corrected chi connectivity index (χ2v) is 8.00.